The van der Waals surface area contributed by atoms with Gasteiger partial charge in [-0.2, -0.15) is 0 Å². The Morgan fingerprint density at radius 1 is 1.45 bits per heavy atom. The molecule has 0 saturated carbocycles. The van der Waals surface area contributed by atoms with Gasteiger partial charge in [0, 0.05) is 12.0 Å². The van der Waals surface area contributed by atoms with Gasteiger partial charge in [-0.25, -0.2) is 0 Å². The molecule has 2 aliphatic heterocycles. The summed E-state index contributed by atoms with van der Waals surface area (Å²) in [4.78, 5) is 14.5. The van der Waals surface area contributed by atoms with Crippen LogP contribution >= 0.6 is 0 Å². The summed E-state index contributed by atoms with van der Waals surface area (Å²) in [6.45, 7) is 4.08. The highest BCUT2D eigenvalue weighted by Gasteiger charge is 2.51. The first-order valence-corrected chi connectivity index (χ1v) is 8.01. The van der Waals surface area contributed by atoms with E-state index >= 15 is 0 Å². The summed E-state index contributed by atoms with van der Waals surface area (Å²) < 4.78 is 11.3. The molecule has 1 aromatic rings. The molecule has 3 atom stereocenters. The van der Waals surface area contributed by atoms with Crippen molar-refractivity contribution in [2.75, 3.05) is 33.9 Å². The van der Waals surface area contributed by atoms with E-state index < -0.39 is 0 Å². The highest BCUT2D eigenvalue weighted by Crippen LogP contribution is 2.47. The third-order valence-electron chi connectivity index (χ3n) is 5.47. The van der Waals surface area contributed by atoms with Crippen molar-refractivity contribution in [1.29, 1.82) is 0 Å². The number of ether oxygens (including phenoxy) is 2. The molecule has 0 spiro atoms. The molecule has 120 valence electrons. The lowest BCUT2D eigenvalue weighted by molar-refractivity contribution is -0.133. The first kappa shape index (κ1) is 15.5. The van der Waals surface area contributed by atoms with Gasteiger partial charge < -0.3 is 9.47 Å². The Bertz CT molecular complexity index is 559. The molecule has 2 fully saturated rings. The number of ketones is 1. The van der Waals surface area contributed by atoms with Gasteiger partial charge in [-0.05, 0) is 57.0 Å². The molecule has 4 nitrogen and oxygen atoms in total. The predicted octanol–water partition coefficient (Wildman–Crippen LogP) is 2.26. The van der Waals surface area contributed by atoms with Crippen LogP contribution in [-0.4, -0.2) is 50.6 Å². The van der Waals surface area contributed by atoms with Gasteiger partial charge in [0.2, 0.25) is 0 Å². The number of rotatable bonds is 3. The molecule has 0 amide bonds. The van der Waals surface area contributed by atoms with Crippen LogP contribution in [0, 0.1) is 5.92 Å². The summed E-state index contributed by atoms with van der Waals surface area (Å²) in [5.41, 5.74) is 1.17. The molecule has 3 rings (SSSR count). The van der Waals surface area contributed by atoms with Crippen molar-refractivity contribution in [2.24, 2.45) is 5.92 Å². The Morgan fingerprint density at radius 3 is 3.00 bits per heavy atom. The largest absolute Gasteiger partial charge is 0.497 e. The van der Waals surface area contributed by atoms with E-state index in [0.717, 1.165) is 31.7 Å². The second-order valence-corrected chi connectivity index (χ2v) is 6.62. The normalized spacial score (nSPS) is 32.3. The van der Waals surface area contributed by atoms with Crippen molar-refractivity contribution >= 4 is 5.78 Å². The van der Waals surface area contributed by atoms with Crippen LogP contribution in [0.4, 0.5) is 0 Å². The minimum Gasteiger partial charge on any atom is -0.497 e. The minimum atomic E-state index is -0.0738. The van der Waals surface area contributed by atoms with Gasteiger partial charge in [0.1, 0.15) is 11.5 Å². The van der Waals surface area contributed by atoms with E-state index in [0.29, 0.717) is 12.5 Å². The van der Waals surface area contributed by atoms with E-state index in [4.69, 9.17) is 9.47 Å². The lowest BCUT2D eigenvalue weighted by Crippen LogP contribution is -2.61. The van der Waals surface area contributed by atoms with E-state index in [1.165, 1.54) is 5.56 Å². The number of hydrogen-bond acceptors (Lipinski definition) is 4. The van der Waals surface area contributed by atoms with Crippen LogP contribution in [0.25, 0.3) is 0 Å². The molecule has 0 N–H and O–H groups in total. The maximum Gasteiger partial charge on any atom is 0.147 e. The van der Waals surface area contributed by atoms with Crippen molar-refractivity contribution in [3.05, 3.63) is 29.8 Å². The van der Waals surface area contributed by atoms with Gasteiger partial charge >= 0.3 is 0 Å². The Labute approximate surface area is 132 Å². The van der Waals surface area contributed by atoms with E-state index in [1.807, 2.05) is 12.1 Å². The SMILES string of the molecule is COc1cccc([C@]23CCN(C)[C@@H](C(C)=O)[C@@H]2CCOC3)c1. The van der Waals surface area contributed by atoms with Gasteiger partial charge in [0.25, 0.3) is 0 Å². The van der Waals surface area contributed by atoms with E-state index in [-0.39, 0.29) is 17.2 Å². The topological polar surface area (TPSA) is 38.8 Å². The molecule has 1 aromatic carbocycles. The number of fused-ring (bicyclic) bond motifs is 1. The van der Waals surface area contributed by atoms with Gasteiger partial charge in [0.15, 0.2) is 0 Å². The van der Waals surface area contributed by atoms with E-state index in [2.05, 4.69) is 24.1 Å². The monoisotopic (exact) mass is 303 g/mol. The number of likely N-dealkylation sites (N-methyl/N-ethyl adjacent to an activating group) is 1. The number of likely N-dealkylation sites (tertiary alicyclic amines) is 1. The quantitative estimate of drug-likeness (QED) is 0.858. The molecule has 2 saturated heterocycles. The highest BCUT2D eigenvalue weighted by atomic mass is 16.5. The van der Waals surface area contributed by atoms with Crippen LogP contribution in [-0.2, 0) is 14.9 Å². The van der Waals surface area contributed by atoms with Gasteiger partial charge in [0.05, 0.1) is 19.8 Å². The lowest BCUT2D eigenvalue weighted by atomic mass is 9.61. The summed E-state index contributed by atoms with van der Waals surface area (Å²) >= 11 is 0. The number of nitrogens with zero attached hydrogens (tertiary/aromatic N) is 1. The van der Waals surface area contributed by atoms with Crippen LogP contribution in [0.15, 0.2) is 24.3 Å². The second-order valence-electron chi connectivity index (χ2n) is 6.62. The summed E-state index contributed by atoms with van der Waals surface area (Å²) in [5.74, 6) is 1.44. The van der Waals surface area contributed by atoms with Crippen molar-refractivity contribution in [3.63, 3.8) is 0 Å². The van der Waals surface area contributed by atoms with Crippen LogP contribution in [0.3, 0.4) is 0 Å². The van der Waals surface area contributed by atoms with E-state index in [1.54, 1.807) is 14.0 Å². The number of carbonyl (C=O) groups is 1. The van der Waals surface area contributed by atoms with Crippen LogP contribution in [0.5, 0.6) is 5.75 Å². The van der Waals surface area contributed by atoms with Crippen LogP contribution < -0.4 is 4.74 Å². The average molecular weight is 303 g/mol. The third kappa shape index (κ3) is 2.44. The minimum absolute atomic E-state index is 0.0103. The zero-order valence-electron chi connectivity index (χ0n) is 13.7. The smallest absolute Gasteiger partial charge is 0.147 e. The highest BCUT2D eigenvalue weighted by molar-refractivity contribution is 5.82. The molecule has 0 bridgehead atoms. The summed E-state index contributed by atoms with van der Waals surface area (Å²) in [5, 5.41) is 0. The zero-order chi connectivity index (χ0) is 15.7. The van der Waals surface area contributed by atoms with Gasteiger partial charge in [-0.15, -0.1) is 0 Å². The molecule has 0 aromatic heterocycles. The Kier molecular flexibility index (Phi) is 4.24. The number of benzene rings is 1. The number of hydrogen-bond donors (Lipinski definition) is 0. The summed E-state index contributed by atoms with van der Waals surface area (Å²) in [6, 6.07) is 8.27. The van der Waals surface area contributed by atoms with E-state index in [9.17, 15) is 4.79 Å². The molecule has 0 aliphatic carbocycles. The first-order chi connectivity index (χ1) is 10.6. The molecule has 0 radical (unpaired) electrons. The third-order valence-corrected chi connectivity index (χ3v) is 5.47. The first-order valence-electron chi connectivity index (χ1n) is 8.01. The Morgan fingerprint density at radius 2 is 2.27 bits per heavy atom. The van der Waals surface area contributed by atoms with Crippen molar-refractivity contribution in [2.45, 2.75) is 31.2 Å². The number of carbonyl (C=O) groups excluding carboxylic acids is 1. The molecule has 2 heterocycles. The summed E-state index contributed by atoms with van der Waals surface area (Å²) in [6.07, 6.45) is 1.96. The molecule has 0 unspecified atom stereocenters. The zero-order valence-corrected chi connectivity index (χ0v) is 13.7. The Hall–Kier alpha value is -1.39. The number of methoxy groups -OCH3 is 1. The molecule has 4 heteroatoms. The predicted molar refractivity (Wildman–Crippen MR) is 85.3 cm³/mol. The van der Waals surface area contributed by atoms with Crippen molar-refractivity contribution in [3.8, 4) is 5.75 Å². The molecular weight excluding hydrogens is 278 g/mol. The Balaban J connectivity index is 2.05. The fourth-order valence-corrected chi connectivity index (χ4v) is 4.36. The maximum atomic E-state index is 12.3. The lowest BCUT2D eigenvalue weighted by Gasteiger charge is -2.53. The number of Topliss-reactive ketones (excluding diaryl/α,β-unsaturated/α-hetero) is 1. The number of piperidine rings is 1. The van der Waals surface area contributed by atoms with Crippen molar-refractivity contribution in [1.82, 2.24) is 4.90 Å². The average Bonchev–Trinajstić information content (AvgIpc) is 2.54. The van der Waals surface area contributed by atoms with Crippen molar-refractivity contribution < 1.29 is 14.3 Å². The summed E-state index contributed by atoms with van der Waals surface area (Å²) in [7, 11) is 3.76. The fraction of sp³-hybridized carbons (Fsp3) is 0.611. The van der Waals surface area contributed by atoms with Gasteiger partial charge in [-0.3, -0.25) is 9.69 Å². The molecule has 2 aliphatic rings. The molecular formula is C18H25NO3. The maximum absolute atomic E-state index is 12.3. The van der Waals surface area contributed by atoms with Crippen LogP contribution in [0.2, 0.25) is 0 Å². The van der Waals surface area contributed by atoms with Gasteiger partial charge in [-0.1, -0.05) is 12.1 Å². The standard InChI is InChI=1S/C18H25NO3/c1-13(20)17-16-7-10-22-12-18(16,8-9-19(17)2)14-5-4-6-15(11-14)21-3/h4-6,11,16-17H,7-10,12H2,1-3H3/t16-,17-,18+/m0/s1. The fourth-order valence-electron chi connectivity index (χ4n) is 4.36. The molecule has 22 heavy (non-hydrogen) atoms. The van der Waals surface area contributed by atoms with Crippen LogP contribution in [0.1, 0.15) is 25.3 Å². The second kappa shape index (κ2) is 6.01.